The lowest BCUT2D eigenvalue weighted by atomic mass is 10.0. The molecule has 0 aliphatic rings. The van der Waals surface area contributed by atoms with Crippen molar-refractivity contribution in [2.75, 3.05) is 59.4 Å². The zero-order chi connectivity index (χ0) is 46.7. The molecule has 0 radical (unpaired) electrons. The number of carboxylic acid groups (broad SMARTS) is 2. The van der Waals surface area contributed by atoms with E-state index < -0.39 is 45.6 Å². The lowest BCUT2D eigenvalue weighted by molar-refractivity contribution is -0.142. The van der Waals surface area contributed by atoms with E-state index in [2.05, 4.69) is 10.6 Å². The van der Waals surface area contributed by atoms with Crippen molar-refractivity contribution in [3.63, 3.8) is 0 Å². The van der Waals surface area contributed by atoms with Crippen LogP contribution in [0.4, 0.5) is 0 Å². The SMILES string of the molecule is O=C(O)CCCCCCCCCCCCCCCCC(=O)N[C@@H](CCC(=O)CCCOCCOCC(=O)NCCOCCOCC(=O)Oc1c(Cl)cc(S(=O)(=O)O)cc1Cl)C(=O)O. The van der Waals surface area contributed by atoms with Gasteiger partial charge in [-0.15, -0.1) is 0 Å². The number of carbonyl (C=O) groups is 6. The molecule has 0 aliphatic heterocycles. The van der Waals surface area contributed by atoms with Crippen LogP contribution in [0, 0.1) is 0 Å². The molecular formula is C42H66Cl2N2O16S. The molecule has 18 nitrogen and oxygen atoms in total. The molecule has 0 bridgehead atoms. The molecule has 0 heterocycles. The lowest BCUT2D eigenvalue weighted by Crippen LogP contribution is -2.41. The first-order chi connectivity index (χ1) is 30.1. The summed E-state index contributed by atoms with van der Waals surface area (Å²) in [6, 6.07) is 0.631. The predicted octanol–water partition coefficient (Wildman–Crippen LogP) is 6.35. The van der Waals surface area contributed by atoms with Crippen molar-refractivity contribution in [1.29, 1.82) is 0 Å². The Morgan fingerprint density at radius 1 is 0.587 bits per heavy atom. The summed E-state index contributed by atoms with van der Waals surface area (Å²) < 4.78 is 57.7. The van der Waals surface area contributed by atoms with Gasteiger partial charge in [0.05, 0.1) is 48.0 Å². The molecule has 1 atom stereocenters. The smallest absolute Gasteiger partial charge is 0.337 e. The molecule has 0 aromatic heterocycles. The Hall–Kier alpha value is -3.43. The molecule has 0 saturated heterocycles. The van der Waals surface area contributed by atoms with Crippen LogP contribution in [0.5, 0.6) is 5.75 Å². The average molecular weight is 958 g/mol. The molecule has 0 spiro atoms. The van der Waals surface area contributed by atoms with Gasteiger partial charge in [-0.1, -0.05) is 100 Å². The molecular weight excluding hydrogens is 891 g/mol. The number of amides is 2. The van der Waals surface area contributed by atoms with E-state index >= 15 is 0 Å². The van der Waals surface area contributed by atoms with Gasteiger partial charge >= 0.3 is 17.9 Å². The van der Waals surface area contributed by atoms with Gasteiger partial charge in [0, 0.05) is 38.8 Å². The number of hydrogen-bond donors (Lipinski definition) is 5. The number of aliphatic carboxylic acids is 2. The summed E-state index contributed by atoms with van der Waals surface area (Å²) >= 11 is 11.8. The van der Waals surface area contributed by atoms with Crippen LogP contribution in [0.2, 0.25) is 10.0 Å². The van der Waals surface area contributed by atoms with E-state index in [1.807, 2.05) is 0 Å². The quantitative estimate of drug-likeness (QED) is 0.0207. The molecule has 360 valence electrons. The van der Waals surface area contributed by atoms with Gasteiger partial charge in [0.15, 0.2) is 5.75 Å². The second-order valence-electron chi connectivity index (χ2n) is 14.8. The first-order valence-electron chi connectivity index (χ1n) is 21.6. The third-order valence-corrected chi connectivity index (χ3v) is 10.8. The minimum Gasteiger partial charge on any atom is -0.481 e. The summed E-state index contributed by atoms with van der Waals surface area (Å²) in [5, 5.41) is 22.7. The van der Waals surface area contributed by atoms with Gasteiger partial charge in [-0.25, -0.2) is 9.59 Å². The van der Waals surface area contributed by atoms with Gasteiger partial charge in [-0.2, -0.15) is 8.42 Å². The number of ether oxygens (including phenoxy) is 5. The Kier molecular flexibility index (Phi) is 32.8. The topological polar surface area (TPSA) is 267 Å². The highest BCUT2D eigenvalue weighted by molar-refractivity contribution is 7.85. The number of hydrogen-bond acceptors (Lipinski definition) is 13. The second-order valence-corrected chi connectivity index (χ2v) is 17.1. The normalized spacial score (nSPS) is 11.9. The average Bonchev–Trinajstić information content (AvgIpc) is 3.21. The van der Waals surface area contributed by atoms with Gasteiger partial charge in [-0.05, 0) is 37.8 Å². The highest BCUT2D eigenvalue weighted by Crippen LogP contribution is 2.35. The predicted molar refractivity (Wildman–Crippen MR) is 233 cm³/mol. The molecule has 21 heteroatoms. The molecule has 0 aliphatic carbocycles. The summed E-state index contributed by atoms with van der Waals surface area (Å²) in [7, 11) is -4.56. The van der Waals surface area contributed by atoms with Crippen molar-refractivity contribution in [1.82, 2.24) is 10.6 Å². The van der Waals surface area contributed by atoms with E-state index in [1.165, 1.54) is 38.5 Å². The third-order valence-electron chi connectivity index (χ3n) is 9.39. The van der Waals surface area contributed by atoms with Crippen LogP contribution >= 0.6 is 23.2 Å². The highest BCUT2D eigenvalue weighted by atomic mass is 35.5. The molecule has 1 aromatic carbocycles. The maximum absolute atomic E-state index is 12.3. The number of rotatable bonds is 41. The van der Waals surface area contributed by atoms with Crippen LogP contribution in [0.3, 0.4) is 0 Å². The van der Waals surface area contributed by atoms with Gasteiger partial charge in [-0.3, -0.25) is 23.7 Å². The molecule has 0 fully saturated rings. The minimum atomic E-state index is -4.56. The number of nitrogens with one attached hydrogen (secondary N) is 2. The number of Topliss-reactive ketones (excluding diaryl/α,β-unsaturated/α-hetero) is 1. The van der Waals surface area contributed by atoms with Crippen molar-refractivity contribution < 1.29 is 75.6 Å². The van der Waals surface area contributed by atoms with E-state index in [0.29, 0.717) is 12.8 Å². The third kappa shape index (κ3) is 32.0. The van der Waals surface area contributed by atoms with Crippen LogP contribution in [-0.4, -0.2) is 124 Å². The summed E-state index contributed by atoms with van der Waals surface area (Å²) in [4.78, 5) is 70.2. The molecule has 2 amide bonds. The van der Waals surface area contributed by atoms with Crippen molar-refractivity contribution in [3.05, 3.63) is 22.2 Å². The summed E-state index contributed by atoms with van der Waals surface area (Å²) in [5.74, 6) is -3.89. The van der Waals surface area contributed by atoms with E-state index in [-0.39, 0.29) is 118 Å². The van der Waals surface area contributed by atoms with Gasteiger partial charge in [0.2, 0.25) is 11.8 Å². The largest absolute Gasteiger partial charge is 0.481 e. The number of benzene rings is 1. The van der Waals surface area contributed by atoms with Gasteiger partial charge < -0.3 is 44.5 Å². The van der Waals surface area contributed by atoms with E-state index in [4.69, 9.17) is 56.5 Å². The Morgan fingerprint density at radius 3 is 1.60 bits per heavy atom. The van der Waals surface area contributed by atoms with Crippen LogP contribution in [0.15, 0.2) is 17.0 Å². The summed E-state index contributed by atoms with van der Waals surface area (Å²) in [6.07, 6.45) is 16.1. The van der Waals surface area contributed by atoms with E-state index in [1.54, 1.807) is 0 Å². The molecule has 1 rings (SSSR count). The van der Waals surface area contributed by atoms with Crippen LogP contribution < -0.4 is 15.4 Å². The number of unbranched alkanes of at least 4 members (excludes halogenated alkanes) is 13. The van der Waals surface area contributed by atoms with Gasteiger partial charge in [0.25, 0.3) is 10.1 Å². The molecule has 63 heavy (non-hydrogen) atoms. The second kappa shape index (κ2) is 35.9. The zero-order valence-electron chi connectivity index (χ0n) is 36.1. The zero-order valence-corrected chi connectivity index (χ0v) is 38.4. The molecule has 0 saturated carbocycles. The first kappa shape index (κ1) is 57.6. The Balaban J connectivity index is 1.97. The van der Waals surface area contributed by atoms with Crippen molar-refractivity contribution in [3.8, 4) is 5.75 Å². The van der Waals surface area contributed by atoms with Crippen LogP contribution in [0.1, 0.15) is 128 Å². The maximum Gasteiger partial charge on any atom is 0.337 e. The maximum atomic E-state index is 12.3. The van der Waals surface area contributed by atoms with E-state index in [9.17, 15) is 42.3 Å². The Morgan fingerprint density at radius 2 is 1.08 bits per heavy atom. The molecule has 0 unspecified atom stereocenters. The fourth-order valence-corrected chi connectivity index (χ4v) is 7.24. The fourth-order valence-electron chi connectivity index (χ4n) is 6.01. The number of ketones is 1. The van der Waals surface area contributed by atoms with Crippen molar-refractivity contribution in [2.24, 2.45) is 0 Å². The Labute approximate surface area is 380 Å². The fraction of sp³-hybridized carbons (Fsp3) is 0.714. The van der Waals surface area contributed by atoms with E-state index in [0.717, 1.165) is 57.1 Å². The summed E-state index contributed by atoms with van der Waals surface area (Å²) in [6.45, 7) is 0.395. The number of halogens is 2. The van der Waals surface area contributed by atoms with Gasteiger partial charge in [0.1, 0.15) is 25.0 Å². The number of esters is 1. The first-order valence-corrected chi connectivity index (χ1v) is 23.8. The number of carbonyl (C=O) groups excluding carboxylic acids is 4. The van der Waals surface area contributed by atoms with Crippen LogP contribution in [-0.2, 0) is 57.8 Å². The highest BCUT2D eigenvalue weighted by Gasteiger charge is 2.21. The lowest BCUT2D eigenvalue weighted by Gasteiger charge is -2.14. The van der Waals surface area contributed by atoms with Crippen molar-refractivity contribution >= 4 is 68.8 Å². The monoisotopic (exact) mass is 956 g/mol. The Bertz CT molecular complexity index is 1610. The standard InChI is InChI=1S/C42H66Cl2N2O16S/c43-34-28-33(63(55,56)57)29-35(44)41(34)62-40(52)31-61-27-25-59-23-21-45-38(49)30-60-26-24-58-22-15-16-32(47)19-20-36(42(53)54)46-37(48)17-13-11-9-7-5-3-1-2-4-6-8-10-12-14-18-39(50)51/h28-29,36H,1-27,30-31H2,(H,45,49)(H,46,48)(H,50,51)(H,53,54)(H,55,56,57)/t36-/m0/s1. The minimum absolute atomic E-state index is 0.0136. The molecule has 5 N–H and O–H groups in total. The number of carboxylic acids is 2. The van der Waals surface area contributed by atoms with Crippen molar-refractivity contribution in [2.45, 2.75) is 139 Å². The van der Waals surface area contributed by atoms with Crippen LogP contribution in [0.25, 0.3) is 0 Å². The summed E-state index contributed by atoms with van der Waals surface area (Å²) in [5.41, 5.74) is 0. The molecule has 1 aromatic rings.